The first-order chi connectivity index (χ1) is 13.4. The third-order valence-electron chi connectivity index (χ3n) is 5.07. The van der Waals surface area contributed by atoms with Crippen LogP contribution in [0.1, 0.15) is 10.4 Å². The molecule has 6 nitrogen and oxygen atoms in total. The molecule has 1 aromatic heterocycles. The standard InChI is InChI=1S/C20H20BrN3O3S/c1-22-10-12-23(13-11-22)20(25)16-14-24(18-8-4-2-6-15(16)18)28(26,27)19-9-5-3-7-17(19)21/h2-9,14H,10-13H2,1H3. The van der Waals surface area contributed by atoms with Crippen LogP contribution in [0.5, 0.6) is 0 Å². The van der Waals surface area contributed by atoms with Gasteiger partial charge >= 0.3 is 0 Å². The highest BCUT2D eigenvalue weighted by atomic mass is 79.9. The lowest BCUT2D eigenvalue weighted by atomic mass is 10.1. The minimum Gasteiger partial charge on any atom is -0.336 e. The number of para-hydroxylation sites is 1. The summed E-state index contributed by atoms with van der Waals surface area (Å²) in [4.78, 5) is 17.3. The molecule has 4 rings (SSSR count). The van der Waals surface area contributed by atoms with Gasteiger partial charge in [-0.15, -0.1) is 0 Å². The fraction of sp³-hybridized carbons (Fsp3) is 0.250. The number of halogens is 1. The van der Waals surface area contributed by atoms with Crippen LogP contribution in [0.3, 0.4) is 0 Å². The maximum Gasteiger partial charge on any atom is 0.269 e. The Kier molecular flexibility index (Phi) is 5.03. The molecule has 146 valence electrons. The molecule has 0 bridgehead atoms. The van der Waals surface area contributed by atoms with Crippen molar-refractivity contribution in [2.75, 3.05) is 33.2 Å². The Hall–Kier alpha value is -2.16. The number of rotatable bonds is 3. The number of likely N-dealkylation sites (N-methyl/N-ethyl adjacent to an activating group) is 1. The largest absolute Gasteiger partial charge is 0.336 e. The zero-order valence-corrected chi connectivity index (χ0v) is 17.8. The van der Waals surface area contributed by atoms with E-state index in [0.717, 1.165) is 13.1 Å². The number of carbonyl (C=O) groups excluding carboxylic acids is 1. The lowest BCUT2D eigenvalue weighted by molar-refractivity contribution is 0.0666. The Morgan fingerprint density at radius 3 is 2.32 bits per heavy atom. The number of nitrogens with zero attached hydrogens (tertiary/aromatic N) is 3. The quantitative estimate of drug-likeness (QED) is 0.601. The number of aromatic nitrogens is 1. The van der Waals surface area contributed by atoms with Crippen LogP contribution in [0.4, 0.5) is 0 Å². The van der Waals surface area contributed by atoms with E-state index < -0.39 is 10.0 Å². The SMILES string of the molecule is CN1CCN(C(=O)c2cn(S(=O)(=O)c3ccccc3Br)c3ccccc23)CC1. The monoisotopic (exact) mass is 461 g/mol. The smallest absolute Gasteiger partial charge is 0.269 e. The Balaban J connectivity index is 1.84. The molecule has 8 heteroatoms. The highest BCUT2D eigenvalue weighted by molar-refractivity contribution is 9.10. The van der Waals surface area contributed by atoms with Crippen molar-refractivity contribution in [3.8, 4) is 0 Å². The zero-order chi connectivity index (χ0) is 19.9. The van der Waals surface area contributed by atoms with E-state index in [2.05, 4.69) is 20.8 Å². The summed E-state index contributed by atoms with van der Waals surface area (Å²) in [6.45, 7) is 2.87. The molecule has 2 heterocycles. The molecule has 2 aromatic carbocycles. The van der Waals surface area contributed by atoms with Crippen LogP contribution in [-0.2, 0) is 10.0 Å². The summed E-state index contributed by atoms with van der Waals surface area (Å²) in [5.74, 6) is -0.134. The molecular weight excluding hydrogens is 442 g/mol. The van der Waals surface area contributed by atoms with E-state index in [0.29, 0.717) is 34.0 Å². The normalized spacial score (nSPS) is 15.9. The number of amides is 1. The number of fused-ring (bicyclic) bond motifs is 1. The van der Waals surface area contributed by atoms with Crippen molar-refractivity contribution in [1.29, 1.82) is 0 Å². The van der Waals surface area contributed by atoms with E-state index in [4.69, 9.17) is 0 Å². The maximum atomic E-state index is 13.3. The topological polar surface area (TPSA) is 62.6 Å². The molecule has 1 amide bonds. The van der Waals surface area contributed by atoms with E-state index >= 15 is 0 Å². The summed E-state index contributed by atoms with van der Waals surface area (Å²) in [5, 5.41) is 0.641. The molecule has 1 aliphatic rings. The summed E-state index contributed by atoms with van der Waals surface area (Å²) < 4.78 is 28.4. The van der Waals surface area contributed by atoms with E-state index in [1.165, 1.54) is 10.2 Å². The molecule has 0 atom stereocenters. The summed E-state index contributed by atoms with van der Waals surface area (Å²) in [7, 11) is -1.83. The number of carbonyl (C=O) groups is 1. The van der Waals surface area contributed by atoms with Gasteiger partial charge in [0, 0.05) is 42.2 Å². The fourth-order valence-electron chi connectivity index (χ4n) is 3.46. The van der Waals surface area contributed by atoms with Crippen LogP contribution in [0, 0.1) is 0 Å². The van der Waals surface area contributed by atoms with Crippen LogP contribution in [0.15, 0.2) is 64.1 Å². The molecule has 0 unspecified atom stereocenters. The third kappa shape index (κ3) is 3.25. The maximum absolute atomic E-state index is 13.3. The molecule has 0 radical (unpaired) electrons. The molecule has 0 aliphatic carbocycles. The Morgan fingerprint density at radius 2 is 1.61 bits per heavy atom. The molecular formula is C20H20BrN3O3S. The van der Waals surface area contributed by atoms with Crippen LogP contribution in [0.2, 0.25) is 0 Å². The van der Waals surface area contributed by atoms with Crippen molar-refractivity contribution in [3.63, 3.8) is 0 Å². The van der Waals surface area contributed by atoms with Gasteiger partial charge in [0.2, 0.25) is 0 Å². The minimum atomic E-state index is -3.86. The van der Waals surface area contributed by atoms with Crippen molar-refractivity contribution in [2.24, 2.45) is 0 Å². The van der Waals surface area contributed by atoms with Crippen LogP contribution < -0.4 is 0 Å². The zero-order valence-electron chi connectivity index (χ0n) is 15.4. The van der Waals surface area contributed by atoms with Crippen LogP contribution >= 0.6 is 15.9 Å². The Morgan fingerprint density at radius 1 is 0.964 bits per heavy atom. The average Bonchev–Trinajstić information content (AvgIpc) is 3.09. The first-order valence-electron chi connectivity index (χ1n) is 8.97. The van der Waals surface area contributed by atoms with E-state index in [1.807, 2.05) is 13.1 Å². The molecule has 1 saturated heterocycles. The van der Waals surface area contributed by atoms with Gasteiger partial charge < -0.3 is 9.80 Å². The van der Waals surface area contributed by atoms with Crippen molar-refractivity contribution >= 4 is 42.8 Å². The summed E-state index contributed by atoms with van der Waals surface area (Å²) in [5.41, 5.74) is 0.909. The summed E-state index contributed by atoms with van der Waals surface area (Å²) in [6, 6.07) is 13.8. The van der Waals surface area contributed by atoms with Crippen molar-refractivity contribution in [1.82, 2.24) is 13.8 Å². The van der Waals surface area contributed by atoms with Crippen molar-refractivity contribution in [2.45, 2.75) is 4.90 Å². The third-order valence-corrected chi connectivity index (χ3v) is 7.76. The second kappa shape index (κ2) is 7.35. The lowest BCUT2D eigenvalue weighted by Gasteiger charge is -2.32. The van der Waals surface area contributed by atoms with Gasteiger partial charge in [0.05, 0.1) is 11.1 Å². The van der Waals surface area contributed by atoms with Gasteiger partial charge in [-0.25, -0.2) is 12.4 Å². The lowest BCUT2D eigenvalue weighted by Crippen LogP contribution is -2.47. The van der Waals surface area contributed by atoms with Gasteiger partial charge in [0.1, 0.15) is 4.90 Å². The second-order valence-corrected chi connectivity index (χ2v) is 9.52. The van der Waals surface area contributed by atoms with Crippen molar-refractivity contribution < 1.29 is 13.2 Å². The molecule has 1 fully saturated rings. The van der Waals surface area contributed by atoms with Gasteiger partial charge in [0.15, 0.2) is 0 Å². The predicted molar refractivity (Wildman–Crippen MR) is 112 cm³/mol. The highest BCUT2D eigenvalue weighted by Crippen LogP contribution is 2.30. The highest BCUT2D eigenvalue weighted by Gasteiger charge is 2.28. The fourth-order valence-corrected chi connectivity index (χ4v) is 5.80. The van der Waals surface area contributed by atoms with Crippen molar-refractivity contribution in [3.05, 3.63) is 64.8 Å². The molecule has 0 spiro atoms. The number of hydrogen-bond acceptors (Lipinski definition) is 4. The minimum absolute atomic E-state index is 0.134. The van der Waals surface area contributed by atoms with Crippen LogP contribution in [-0.4, -0.2) is 61.3 Å². The van der Waals surface area contributed by atoms with Gasteiger partial charge in [-0.2, -0.15) is 0 Å². The number of benzene rings is 2. The average molecular weight is 462 g/mol. The van der Waals surface area contributed by atoms with E-state index in [-0.39, 0.29) is 10.8 Å². The van der Waals surface area contributed by atoms with Crippen LogP contribution in [0.25, 0.3) is 10.9 Å². The summed E-state index contributed by atoms with van der Waals surface area (Å²) >= 11 is 3.33. The van der Waals surface area contributed by atoms with Gasteiger partial charge in [-0.3, -0.25) is 4.79 Å². The summed E-state index contributed by atoms with van der Waals surface area (Å²) in [6.07, 6.45) is 1.46. The Labute approximate surface area is 172 Å². The molecule has 0 N–H and O–H groups in total. The molecule has 0 saturated carbocycles. The Bertz CT molecular complexity index is 1150. The van der Waals surface area contributed by atoms with E-state index in [9.17, 15) is 13.2 Å². The predicted octanol–water partition coefficient (Wildman–Crippen LogP) is 3.03. The second-order valence-electron chi connectivity index (χ2n) is 6.89. The first-order valence-corrected chi connectivity index (χ1v) is 11.2. The first kappa shape index (κ1) is 19.2. The molecule has 28 heavy (non-hydrogen) atoms. The molecule has 1 aliphatic heterocycles. The number of hydrogen-bond donors (Lipinski definition) is 0. The van der Waals surface area contributed by atoms with Gasteiger partial charge in [-0.05, 0) is 41.2 Å². The number of piperazine rings is 1. The molecule has 3 aromatic rings. The van der Waals surface area contributed by atoms with Gasteiger partial charge in [0.25, 0.3) is 15.9 Å². The van der Waals surface area contributed by atoms with E-state index in [1.54, 1.807) is 47.4 Å². The van der Waals surface area contributed by atoms with Gasteiger partial charge in [-0.1, -0.05) is 30.3 Å².